The first-order chi connectivity index (χ1) is 10.6. The zero-order chi connectivity index (χ0) is 15.6. The van der Waals surface area contributed by atoms with Crippen LogP contribution in [0.15, 0.2) is 12.3 Å². The van der Waals surface area contributed by atoms with E-state index in [1.54, 1.807) is 13.1 Å². The van der Waals surface area contributed by atoms with Crippen molar-refractivity contribution >= 4 is 17.7 Å². The van der Waals surface area contributed by atoms with Gasteiger partial charge in [0.2, 0.25) is 5.95 Å². The summed E-state index contributed by atoms with van der Waals surface area (Å²) in [6, 6.07) is 2.12. The quantitative estimate of drug-likeness (QED) is 0.868. The van der Waals surface area contributed by atoms with Crippen molar-refractivity contribution in [1.29, 1.82) is 0 Å². The van der Waals surface area contributed by atoms with Crippen LogP contribution in [-0.2, 0) is 9.53 Å². The summed E-state index contributed by atoms with van der Waals surface area (Å²) in [4.78, 5) is 22.1. The SMILES string of the molecule is CC1(C(=O)O)CCN(c2nccc(NC3CCCOC3)n2)C1. The van der Waals surface area contributed by atoms with E-state index in [9.17, 15) is 9.90 Å². The Hall–Kier alpha value is -1.89. The molecular formula is C15H22N4O3. The van der Waals surface area contributed by atoms with Gasteiger partial charge in [0.15, 0.2) is 0 Å². The highest BCUT2D eigenvalue weighted by Crippen LogP contribution is 2.32. The molecule has 1 aromatic heterocycles. The molecule has 0 aliphatic carbocycles. The van der Waals surface area contributed by atoms with Gasteiger partial charge in [0.25, 0.3) is 0 Å². The molecule has 120 valence electrons. The van der Waals surface area contributed by atoms with Crippen molar-refractivity contribution in [3.05, 3.63) is 12.3 Å². The van der Waals surface area contributed by atoms with Gasteiger partial charge < -0.3 is 20.1 Å². The van der Waals surface area contributed by atoms with E-state index in [0.29, 0.717) is 32.1 Å². The maximum absolute atomic E-state index is 11.3. The molecule has 2 N–H and O–H groups in total. The molecule has 7 nitrogen and oxygen atoms in total. The lowest BCUT2D eigenvalue weighted by molar-refractivity contribution is -0.146. The molecule has 0 aromatic carbocycles. The van der Waals surface area contributed by atoms with Gasteiger partial charge in [-0.3, -0.25) is 4.79 Å². The third-order valence-electron chi connectivity index (χ3n) is 4.43. The summed E-state index contributed by atoms with van der Waals surface area (Å²) in [5.74, 6) is 0.597. The number of carbonyl (C=O) groups is 1. The predicted molar refractivity (Wildman–Crippen MR) is 82.1 cm³/mol. The van der Waals surface area contributed by atoms with Crippen LogP contribution in [0, 0.1) is 5.41 Å². The highest BCUT2D eigenvalue weighted by molar-refractivity contribution is 5.76. The molecule has 0 amide bonds. The Balaban J connectivity index is 1.68. The first-order valence-electron chi connectivity index (χ1n) is 7.72. The van der Waals surface area contributed by atoms with Gasteiger partial charge in [-0.25, -0.2) is 4.98 Å². The Kier molecular flexibility index (Phi) is 4.15. The lowest BCUT2D eigenvalue weighted by atomic mass is 9.90. The number of hydrogen-bond donors (Lipinski definition) is 2. The van der Waals surface area contributed by atoms with Gasteiger partial charge >= 0.3 is 5.97 Å². The molecule has 1 aromatic rings. The van der Waals surface area contributed by atoms with Crippen LogP contribution in [0.5, 0.6) is 0 Å². The number of anilines is 2. The number of rotatable bonds is 4. The van der Waals surface area contributed by atoms with Gasteiger partial charge in [0.05, 0.1) is 18.1 Å². The van der Waals surface area contributed by atoms with Gasteiger partial charge in [-0.2, -0.15) is 4.98 Å². The molecule has 2 saturated heterocycles. The van der Waals surface area contributed by atoms with E-state index in [0.717, 1.165) is 25.3 Å². The second-order valence-electron chi connectivity index (χ2n) is 6.34. The summed E-state index contributed by atoms with van der Waals surface area (Å²) in [7, 11) is 0. The molecule has 0 radical (unpaired) electrons. The van der Waals surface area contributed by atoms with Crippen LogP contribution in [0.3, 0.4) is 0 Å². The maximum Gasteiger partial charge on any atom is 0.311 e. The van der Waals surface area contributed by atoms with Crippen molar-refractivity contribution in [3.8, 4) is 0 Å². The fourth-order valence-corrected chi connectivity index (χ4v) is 2.95. The van der Waals surface area contributed by atoms with Crippen LogP contribution >= 0.6 is 0 Å². The Labute approximate surface area is 129 Å². The minimum absolute atomic E-state index is 0.277. The number of ether oxygens (including phenoxy) is 1. The molecule has 22 heavy (non-hydrogen) atoms. The normalized spacial score (nSPS) is 28.6. The molecule has 0 saturated carbocycles. The van der Waals surface area contributed by atoms with E-state index in [1.165, 1.54) is 0 Å². The summed E-state index contributed by atoms with van der Waals surface area (Å²) in [5.41, 5.74) is -0.718. The number of nitrogens with zero attached hydrogens (tertiary/aromatic N) is 3. The highest BCUT2D eigenvalue weighted by Gasteiger charge is 2.41. The Morgan fingerprint density at radius 2 is 2.45 bits per heavy atom. The first kappa shape index (κ1) is 15.0. The van der Waals surface area contributed by atoms with Crippen molar-refractivity contribution in [2.75, 3.05) is 36.5 Å². The van der Waals surface area contributed by atoms with Crippen LogP contribution in [0.4, 0.5) is 11.8 Å². The monoisotopic (exact) mass is 306 g/mol. The van der Waals surface area contributed by atoms with E-state index in [-0.39, 0.29) is 6.04 Å². The minimum Gasteiger partial charge on any atom is -0.481 e. The molecule has 2 fully saturated rings. The fraction of sp³-hybridized carbons (Fsp3) is 0.667. The second-order valence-corrected chi connectivity index (χ2v) is 6.34. The van der Waals surface area contributed by atoms with Crippen molar-refractivity contribution in [1.82, 2.24) is 9.97 Å². The van der Waals surface area contributed by atoms with Gasteiger partial charge in [0.1, 0.15) is 5.82 Å². The minimum atomic E-state index is -0.761. The maximum atomic E-state index is 11.3. The summed E-state index contributed by atoms with van der Waals surface area (Å²) in [6.45, 7) is 4.41. The van der Waals surface area contributed by atoms with Crippen LogP contribution in [0.25, 0.3) is 0 Å². The van der Waals surface area contributed by atoms with Crippen molar-refractivity contribution < 1.29 is 14.6 Å². The van der Waals surface area contributed by atoms with E-state index in [4.69, 9.17) is 4.74 Å². The molecule has 3 rings (SSSR count). The second kappa shape index (κ2) is 6.08. The van der Waals surface area contributed by atoms with E-state index in [2.05, 4.69) is 15.3 Å². The molecule has 2 unspecified atom stereocenters. The molecule has 2 aliphatic heterocycles. The third kappa shape index (κ3) is 3.14. The number of hydrogen-bond acceptors (Lipinski definition) is 6. The molecular weight excluding hydrogens is 284 g/mol. The number of aliphatic carboxylic acids is 1. The molecule has 2 atom stereocenters. The first-order valence-corrected chi connectivity index (χ1v) is 7.72. The summed E-state index contributed by atoms with van der Waals surface area (Å²) < 4.78 is 5.46. The smallest absolute Gasteiger partial charge is 0.311 e. The zero-order valence-corrected chi connectivity index (χ0v) is 12.8. The Bertz CT molecular complexity index is 547. The van der Waals surface area contributed by atoms with Gasteiger partial charge in [0, 0.05) is 25.9 Å². The number of carboxylic acid groups (broad SMARTS) is 1. The van der Waals surface area contributed by atoms with Crippen molar-refractivity contribution in [2.24, 2.45) is 5.41 Å². The number of nitrogens with one attached hydrogen (secondary N) is 1. The van der Waals surface area contributed by atoms with Gasteiger partial charge in [-0.15, -0.1) is 0 Å². The van der Waals surface area contributed by atoms with Crippen molar-refractivity contribution in [2.45, 2.75) is 32.2 Å². The zero-order valence-electron chi connectivity index (χ0n) is 12.8. The van der Waals surface area contributed by atoms with Gasteiger partial charge in [-0.1, -0.05) is 0 Å². The van der Waals surface area contributed by atoms with Crippen LogP contribution in [-0.4, -0.2) is 53.4 Å². The lowest BCUT2D eigenvalue weighted by Gasteiger charge is -2.24. The largest absolute Gasteiger partial charge is 0.481 e. The van der Waals surface area contributed by atoms with Crippen LogP contribution in [0.1, 0.15) is 26.2 Å². The topological polar surface area (TPSA) is 87.6 Å². The molecule has 7 heteroatoms. The van der Waals surface area contributed by atoms with E-state index >= 15 is 0 Å². The molecule has 3 heterocycles. The summed E-state index contributed by atoms with van der Waals surface area (Å²) >= 11 is 0. The van der Waals surface area contributed by atoms with Gasteiger partial charge in [-0.05, 0) is 32.3 Å². The average Bonchev–Trinajstić information content (AvgIpc) is 2.93. The Morgan fingerprint density at radius 1 is 1.59 bits per heavy atom. The van der Waals surface area contributed by atoms with Crippen LogP contribution in [0.2, 0.25) is 0 Å². The Morgan fingerprint density at radius 3 is 3.14 bits per heavy atom. The number of aromatic nitrogens is 2. The van der Waals surface area contributed by atoms with E-state index in [1.807, 2.05) is 11.0 Å². The fourth-order valence-electron chi connectivity index (χ4n) is 2.95. The molecule has 0 spiro atoms. The average molecular weight is 306 g/mol. The lowest BCUT2D eigenvalue weighted by Crippen LogP contribution is -2.33. The van der Waals surface area contributed by atoms with E-state index < -0.39 is 11.4 Å². The molecule has 0 bridgehead atoms. The van der Waals surface area contributed by atoms with Crippen molar-refractivity contribution in [3.63, 3.8) is 0 Å². The predicted octanol–water partition coefficient (Wildman–Crippen LogP) is 1.37. The summed E-state index contributed by atoms with van der Waals surface area (Å²) in [5, 5.41) is 12.7. The standard InChI is InChI=1S/C15H22N4O3/c1-15(13(20)21)5-7-19(10-15)14-16-6-4-12(18-14)17-11-3-2-8-22-9-11/h4,6,11H,2-3,5,7-10H2,1H3,(H,20,21)(H,16,17,18). The summed E-state index contributed by atoms with van der Waals surface area (Å²) in [6.07, 6.45) is 4.45. The third-order valence-corrected chi connectivity index (χ3v) is 4.43. The highest BCUT2D eigenvalue weighted by atomic mass is 16.5. The number of carboxylic acids is 1. The molecule has 2 aliphatic rings. The van der Waals surface area contributed by atoms with Crippen LogP contribution < -0.4 is 10.2 Å².